The number of rotatable bonds is 22. The number of fused-ring (bicyclic) bond motifs is 3. The van der Waals surface area contributed by atoms with Crippen molar-refractivity contribution in [3.63, 3.8) is 0 Å². The van der Waals surface area contributed by atoms with E-state index in [1.54, 1.807) is 20.8 Å². The molecule has 0 heterocycles. The number of aliphatic hydroxyl groups excluding tert-OH is 1. The zero-order valence-corrected chi connectivity index (χ0v) is 40.8. The van der Waals surface area contributed by atoms with Crippen LogP contribution in [0.25, 0.3) is 11.1 Å². The highest BCUT2D eigenvalue weighted by atomic mass is 32.2. The van der Waals surface area contributed by atoms with E-state index in [0.29, 0.717) is 10.6 Å². The van der Waals surface area contributed by atoms with Crippen LogP contribution in [0.5, 0.6) is 0 Å². The molecule has 0 fully saturated rings. The second kappa shape index (κ2) is 24.5. The van der Waals surface area contributed by atoms with Crippen molar-refractivity contribution in [2.24, 2.45) is 5.92 Å². The molecule has 0 unspecified atom stereocenters. The summed E-state index contributed by atoms with van der Waals surface area (Å²) in [5, 5.41) is 19.8. The molecule has 0 aliphatic heterocycles. The van der Waals surface area contributed by atoms with Crippen LogP contribution in [0.15, 0.2) is 145 Å². The van der Waals surface area contributed by atoms with Gasteiger partial charge in [-0.25, -0.2) is 4.79 Å². The van der Waals surface area contributed by atoms with Crippen molar-refractivity contribution in [2.45, 2.75) is 101 Å². The number of benzene rings is 5. The van der Waals surface area contributed by atoms with Crippen LogP contribution in [0.1, 0.15) is 100.0 Å². The fraction of sp³-hybridized carbons (Fsp3) is 0.339. The first-order chi connectivity index (χ1) is 33.1. The highest BCUT2D eigenvalue weighted by molar-refractivity contribution is 7.99. The van der Waals surface area contributed by atoms with Gasteiger partial charge in [-0.1, -0.05) is 148 Å². The van der Waals surface area contributed by atoms with E-state index < -0.39 is 47.7 Å². The molecule has 3 amide bonds. The quantitative estimate of drug-likeness (QED) is 0.0172. The van der Waals surface area contributed by atoms with Gasteiger partial charge in [0.2, 0.25) is 11.8 Å². The van der Waals surface area contributed by atoms with E-state index in [1.807, 2.05) is 141 Å². The first-order valence-electron chi connectivity index (χ1n) is 23.4. The van der Waals surface area contributed by atoms with Crippen LogP contribution >= 0.6 is 11.8 Å². The van der Waals surface area contributed by atoms with Crippen molar-refractivity contribution in [2.75, 3.05) is 24.3 Å². The number of para-hydroxylation sites is 1. The van der Waals surface area contributed by atoms with Crippen molar-refractivity contribution in [3.8, 4) is 11.1 Å². The minimum Gasteiger partial charge on any atom is -0.461 e. The molecule has 0 aromatic heterocycles. The molecule has 13 heteroatoms. The van der Waals surface area contributed by atoms with Gasteiger partial charge in [0.15, 0.2) is 0 Å². The lowest BCUT2D eigenvalue weighted by Gasteiger charge is -2.27. The first kappa shape index (κ1) is 51.7. The van der Waals surface area contributed by atoms with Crippen LogP contribution < -0.4 is 16.0 Å². The fourth-order valence-corrected chi connectivity index (χ4v) is 9.52. The van der Waals surface area contributed by atoms with Crippen molar-refractivity contribution >= 4 is 47.3 Å². The average molecular weight is 954 g/mol. The van der Waals surface area contributed by atoms with Gasteiger partial charge in [-0.05, 0) is 78.1 Å². The Morgan fingerprint density at radius 2 is 1.33 bits per heavy atom. The van der Waals surface area contributed by atoms with Gasteiger partial charge in [0.05, 0.1) is 24.3 Å². The molecule has 4 N–H and O–H groups in total. The van der Waals surface area contributed by atoms with Crippen LogP contribution in [0, 0.1) is 5.92 Å². The number of anilines is 1. The molecule has 1 aliphatic carbocycles. The maximum Gasteiger partial charge on any atom is 0.407 e. The Balaban J connectivity index is 1.27. The van der Waals surface area contributed by atoms with Crippen molar-refractivity contribution in [1.82, 2.24) is 10.6 Å². The Labute approximate surface area is 409 Å². The highest BCUT2D eigenvalue weighted by Crippen LogP contribution is 2.45. The van der Waals surface area contributed by atoms with Gasteiger partial charge < -0.3 is 35.3 Å². The van der Waals surface area contributed by atoms with Crippen LogP contribution in [0.3, 0.4) is 0 Å². The van der Waals surface area contributed by atoms with E-state index in [9.17, 15) is 29.1 Å². The number of aliphatic hydroxyl groups is 1. The molecule has 0 bridgehead atoms. The molecule has 362 valence electrons. The van der Waals surface area contributed by atoms with Crippen LogP contribution in [-0.4, -0.2) is 77.7 Å². The number of nitrogens with one attached hydrogen (secondary N) is 3. The minimum absolute atomic E-state index is 0.0182. The summed E-state index contributed by atoms with van der Waals surface area (Å²) in [5.74, 6) is -2.53. The summed E-state index contributed by atoms with van der Waals surface area (Å²) in [6, 6.07) is 39.6. The summed E-state index contributed by atoms with van der Waals surface area (Å²) in [4.78, 5) is 68.1. The lowest BCUT2D eigenvalue weighted by atomic mass is 9.84. The van der Waals surface area contributed by atoms with E-state index in [-0.39, 0.29) is 68.3 Å². The van der Waals surface area contributed by atoms with E-state index >= 15 is 0 Å². The lowest BCUT2D eigenvalue weighted by Crippen LogP contribution is -2.47. The van der Waals surface area contributed by atoms with Crippen LogP contribution in [-0.2, 0) is 33.4 Å². The number of alkyl carbamates (subject to hydrolysis) is 1. The second-order valence-corrected chi connectivity index (χ2v) is 19.4. The molecular formula is C56H63N3O9S. The standard InChI is InChI=1S/C56H63N3O9S/c1-7-32-66-50(63)34-46(60)52(36(2)3)58-48(61)31-33-69-47-28-18-27-43(51(37-19-10-8-11-20-37)38-21-12-9-13-22-38)53(47)59-54(64)45(29-30-49(62)68-56(4,5)6)57-55(65)67-35-44-41-25-16-14-23-39(41)40-24-15-17-26-42(40)44/h7-28,36,44-46,51-52,60H,1,29-35H2,2-6H3,(H,57,65)(H,58,61)(H,59,64)/t45-,46+,52-/m1/s1. The molecular weight excluding hydrogens is 891 g/mol. The lowest BCUT2D eigenvalue weighted by molar-refractivity contribution is -0.155. The number of esters is 2. The average Bonchev–Trinajstić information content (AvgIpc) is 3.64. The van der Waals surface area contributed by atoms with Gasteiger partial charge in [0.1, 0.15) is 24.9 Å². The number of ether oxygens (including phenoxy) is 3. The third-order valence-corrected chi connectivity index (χ3v) is 12.7. The predicted octanol–water partition coefficient (Wildman–Crippen LogP) is 9.94. The van der Waals surface area contributed by atoms with Crippen molar-refractivity contribution in [3.05, 3.63) is 168 Å². The fourth-order valence-electron chi connectivity index (χ4n) is 8.53. The summed E-state index contributed by atoms with van der Waals surface area (Å²) in [6.07, 6.45) is -1.06. The van der Waals surface area contributed by atoms with E-state index in [4.69, 9.17) is 14.2 Å². The normalized spacial score (nSPS) is 13.3. The Morgan fingerprint density at radius 1 is 0.739 bits per heavy atom. The zero-order chi connectivity index (χ0) is 49.5. The maximum atomic E-state index is 14.8. The third kappa shape index (κ3) is 14.4. The predicted molar refractivity (Wildman–Crippen MR) is 270 cm³/mol. The van der Waals surface area contributed by atoms with Gasteiger partial charge in [0, 0.05) is 35.3 Å². The molecule has 0 spiro atoms. The van der Waals surface area contributed by atoms with Gasteiger partial charge in [-0.2, -0.15) is 0 Å². The Hall–Kier alpha value is -6.70. The number of carbonyl (C=O) groups excluding carboxylic acids is 5. The summed E-state index contributed by atoms with van der Waals surface area (Å²) in [5.41, 5.74) is 6.61. The molecule has 69 heavy (non-hydrogen) atoms. The maximum absolute atomic E-state index is 14.8. The molecule has 1 aliphatic rings. The largest absolute Gasteiger partial charge is 0.461 e. The van der Waals surface area contributed by atoms with E-state index in [0.717, 1.165) is 38.9 Å². The smallest absolute Gasteiger partial charge is 0.407 e. The molecule has 5 aromatic carbocycles. The number of thioether (sulfide) groups is 1. The molecule has 5 aromatic rings. The summed E-state index contributed by atoms with van der Waals surface area (Å²) in [6.45, 7) is 12.5. The molecule has 0 radical (unpaired) electrons. The summed E-state index contributed by atoms with van der Waals surface area (Å²) >= 11 is 1.36. The van der Waals surface area contributed by atoms with E-state index in [2.05, 4.69) is 22.5 Å². The summed E-state index contributed by atoms with van der Waals surface area (Å²) in [7, 11) is 0. The Morgan fingerprint density at radius 3 is 1.91 bits per heavy atom. The van der Waals surface area contributed by atoms with Crippen molar-refractivity contribution in [1.29, 1.82) is 0 Å². The minimum atomic E-state index is -1.23. The van der Waals surface area contributed by atoms with Crippen LogP contribution in [0.4, 0.5) is 10.5 Å². The van der Waals surface area contributed by atoms with Gasteiger partial charge in [-0.15, -0.1) is 11.8 Å². The van der Waals surface area contributed by atoms with Gasteiger partial charge in [0.25, 0.3) is 0 Å². The SMILES string of the molecule is C=CCOC(=O)C[C@H](O)[C@H](NC(=O)CCSc1cccc(C(c2ccccc2)c2ccccc2)c1NC(=O)[C@@H](CCC(=O)OC(C)(C)C)NC(=O)OCC1c2ccccc2-c2ccccc21)C(C)C. The number of hydrogen-bond donors (Lipinski definition) is 4. The summed E-state index contributed by atoms with van der Waals surface area (Å²) < 4.78 is 16.5. The monoisotopic (exact) mass is 953 g/mol. The number of amides is 3. The van der Waals surface area contributed by atoms with Gasteiger partial charge in [-0.3, -0.25) is 19.2 Å². The third-order valence-electron chi connectivity index (χ3n) is 11.7. The molecule has 0 saturated heterocycles. The molecule has 12 nitrogen and oxygen atoms in total. The zero-order valence-electron chi connectivity index (χ0n) is 39.9. The number of hydrogen-bond acceptors (Lipinski definition) is 10. The molecule has 3 atom stereocenters. The topological polar surface area (TPSA) is 169 Å². The van der Waals surface area contributed by atoms with Gasteiger partial charge >= 0.3 is 18.0 Å². The van der Waals surface area contributed by atoms with E-state index in [1.165, 1.54) is 17.8 Å². The number of carbonyl (C=O) groups is 5. The highest BCUT2D eigenvalue weighted by Gasteiger charge is 2.32. The van der Waals surface area contributed by atoms with Crippen molar-refractivity contribution < 1.29 is 43.3 Å². The Bertz CT molecular complexity index is 2480. The van der Waals surface area contributed by atoms with Crippen LogP contribution in [0.2, 0.25) is 0 Å². The molecule has 0 saturated carbocycles. The second-order valence-electron chi connectivity index (χ2n) is 18.3. The first-order valence-corrected chi connectivity index (χ1v) is 24.4. The molecule has 6 rings (SSSR count). The Kier molecular flexibility index (Phi) is 18.4.